The summed E-state index contributed by atoms with van der Waals surface area (Å²) in [5.74, 6) is 0.747. The van der Waals surface area contributed by atoms with Crippen LogP contribution in [-0.4, -0.2) is 12.2 Å². The van der Waals surface area contributed by atoms with E-state index in [1.54, 1.807) is 13.2 Å². The number of nitrogen functional groups attached to an aromatic ring is 1. The van der Waals surface area contributed by atoms with Crippen LogP contribution in [0.3, 0.4) is 0 Å². The molecule has 2 aromatic rings. The van der Waals surface area contributed by atoms with Crippen molar-refractivity contribution in [3.05, 3.63) is 58.1 Å². The zero-order valence-electron chi connectivity index (χ0n) is 11.9. The van der Waals surface area contributed by atoms with Gasteiger partial charge in [0, 0.05) is 17.1 Å². The van der Waals surface area contributed by atoms with Gasteiger partial charge in [0.1, 0.15) is 5.75 Å². The van der Waals surface area contributed by atoms with E-state index in [1.165, 1.54) is 0 Å². The standard InChI is InChI=1S/C17H18ClNO2/c1-21-16-5-2-13(18)8-12(16)10-17(20)7-6-11-9-14(19)3-4-15(11)17/h2-5,8-9,20H,6-7,10,19H2,1H3. The number of halogens is 1. The first kappa shape index (κ1) is 14.2. The predicted molar refractivity (Wildman–Crippen MR) is 84.8 cm³/mol. The predicted octanol–water partition coefficient (Wildman–Crippen LogP) is 3.31. The molecular formula is C17H18ClNO2. The molecule has 0 spiro atoms. The highest BCUT2D eigenvalue weighted by Crippen LogP contribution is 2.41. The van der Waals surface area contributed by atoms with Crippen molar-refractivity contribution in [2.24, 2.45) is 0 Å². The molecule has 3 nitrogen and oxygen atoms in total. The lowest BCUT2D eigenvalue weighted by Gasteiger charge is -2.25. The molecule has 0 heterocycles. The third-order valence-corrected chi connectivity index (χ3v) is 4.40. The van der Waals surface area contributed by atoms with Crippen molar-refractivity contribution in [2.75, 3.05) is 12.8 Å². The van der Waals surface area contributed by atoms with Gasteiger partial charge in [-0.3, -0.25) is 0 Å². The van der Waals surface area contributed by atoms with Gasteiger partial charge in [0.05, 0.1) is 12.7 Å². The molecular weight excluding hydrogens is 286 g/mol. The second kappa shape index (κ2) is 5.24. The average Bonchev–Trinajstić information content (AvgIpc) is 2.76. The van der Waals surface area contributed by atoms with Crippen molar-refractivity contribution >= 4 is 17.3 Å². The molecule has 3 N–H and O–H groups in total. The molecule has 0 fully saturated rings. The van der Waals surface area contributed by atoms with Crippen LogP contribution in [0.1, 0.15) is 23.1 Å². The number of rotatable bonds is 3. The summed E-state index contributed by atoms with van der Waals surface area (Å²) < 4.78 is 5.37. The molecule has 2 aromatic carbocycles. The molecule has 0 saturated carbocycles. The molecule has 0 radical (unpaired) electrons. The molecule has 1 aliphatic carbocycles. The summed E-state index contributed by atoms with van der Waals surface area (Å²) in [6, 6.07) is 11.2. The molecule has 4 heteroatoms. The van der Waals surface area contributed by atoms with E-state index in [2.05, 4.69) is 0 Å². The Morgan fingerprint density at radius 1 is 1.29 bits per heavy atom. The number of anilines is 1. The van der Waals surface area contributed by atoms with Crippen LogP contribution in [0.25, 0.3) is 0 Å². The minimum absolute atomic E-state index is 0.480. The first-order valence-electron chi connectivity index (χ1n) is 6.95. The quantitative estimate of drug-likeness (QED) is 0.855. The Morgan fingerprint density at radius 2 is 2.10 bits per heavy atom. The number of ether oxygens (including phenoxy) is 1. The summed E-state index contributed by atoms with van der Waals surface area (Å²) in [6.45, 7) is 0. The fourth-order valence-corrected chi connectivity index (χ4v) is 3.33. The van der Waals surface area contributed by atoms with Crippen LogP contribution in [0.5, 0.6) is 5.75 Å². The van der Waals surface area contributed by atoms with Gasteiger partial charge in [0.25, 0.3) is 0 Å². The van der Waals surface area contributed by atoms with E-state index in [4.69, 9.17) is 22.1 Å². The van der Waals surface area contributed by atoms with Gasteiger partial charge in [-0.05, 0) is 59.9 Å². The number of nitrogens with two attached hydrogens (primary N) is 1. The monoisotopic (exact) mass is 303 g/mol. The fraction of sp³-hybridized carbons (Fsp3) is 0.294. The zero-order chi connectivity index (χ0) is 15.0. The molecule has 21 heavy (non-hydrogen) atoms. The number of methoxy groups -OCH3 is 1. The Balaban J connectivity index is 1.98. The number of hydrogen-bond donors (Lipinski definition) is 2. The molecule has 0 aliphatic heterocycles. The minimum Gasteiger partial charge on any atom is -0.496 e. The number of aliphatic hydroxyl groups is 1. The molecule has 0 amide bonds. The van der Waals surface area contributed by atoms with E-state index < -0.39 is 5.60 Å². The summed E-state index contributed by atoms with van der Waals surface area (Å²) in [4.78, 5) is 0. The largest absolute Gasteiger partial charge is 0.496 e. The normalized spacial score (nSPS) is 20.3. The van der Waals surface area contributed by atoms with Crippen molar-refractivity contribution < 1.29 is 9.84 Å². The summed E-state index contributed by atoms with van der Waals surface area (Å²) in [5.41, 5.74) is 8.66. The van der Waals surface area contributed by atoms with Gasteiger partial charge < -0.3 is 15.6 Å². The van der Waals surface area contributed by atoms with Crippen LogP contribution in [0.2, 0.25) is 5.02 Å². The van der Waals surface area contributed by atoms with Gasteiger partial charge >= 0.3 is 0 Å². The van der Waals surface area contributed by atoms with E-state index in [0.717, 1.165) is 34.5 Å². The highest BCUT2D eigenvalue weighted by atomic mass is 35.5. The van der Waals surface area contributed by atoms with Crippen LogP contribution in [0, 0.1) is 0 Å². The van der Waals surface area contributed by atoms with Crippen LogP contribution in [-0.2, 0) is 18.4 Å². The lowest BCUT2D eigenvalue weighted by Crippen LogP contribution is -2.25. The van der Waals surface area contributed by atoms with E-state index in [1.807, 2.05) is 30.3 Å². The maximum absolute atomic E-state index is 11.1. The van der Waals surface area contributed by atoms with Gasteiger partial charge in [-0.2, -0.15) is 0 Å². The maximum Gasteiger partial charge on any atom is 0.122 e. The van der Waals surface area contributed by atoms with E-state index in [-0.39, 0.29) is 0 Å². The molecule has 1 atom stereocenters. The summed E-state index contributed by atoms with van der Waals surface area (Å²) in [6.07, 6.45) is 1.99. The van der Waals surface area contributed by atoms with Crippen molar-refractivity contribution in [3.8, 4) is 5.75 Å². The lowest BCUT2D eigenvalue weighted by atomic mass is 9.88. The zero-order valence-corrected chi connectivity index (χ0v) is 12.7. The second-order valence-corrected chi connectivity index (χ2v) is 6.02. The Kier molecular flexibility index (Phi) is 3.56. The number of fused-ring (bicyclic) bond motifs is 1. The number of benzene rings is 2. The molecule has 1 unspecified atom stereocenters. The highest BCUT2D eigenvalue weighted by Gasteiger charge is 2.37. The van der Waals surface area contributed by atoms with Crippen LogP contribution >= 0.6 is 11.6 Å². The van der Waals surface area contributed by atoms with Crippen molar-refractivity contribution in [1.82, 2.24) is 0 Å². The van der Waals surface area contributed by atoms with Crippen LogP contribution in [0.15, 0.2) is 36.4 Å². The molecule has 1 aliphatic rings. The van der Waals surface area contributed by atoms with E-state index in [0.29, 0.717) is 17.9 Å². The lowest BCUT2D eigenvalue weighted by molar-refractivity contribution is 0.0384. The Labute approximate surface area is 129 Å². The van der Waals surface area contributed by atoms with Gasteiger partial charge in [-0.15, -0.1) is 0 Å². The van der Waals surface area contributed by atoms with E-state index in [9.17, 15) is 5.11 Å². The summed E-state index contributed by atoms with van der Waals surface area (Å²) in [7, 11) is 1.63. The van der Waals surface area contributed by atoms with Gasteiger partial charge in [-0.1, -0.05) is 17.7 Å². The number of aryl methyl sites for hydroxylation is 1. The van der Waals surface area contributed by atoms with E-state index >= 15 is 0 Å². The van der Waals surface area contributed by atoms with Crippen LogP contribution < -0.4 is 10.5 Å². The first-order valence-corrected chi connectivity index (χ1v) is 7.33. The first-order chi connectivity index (χ1) is 10.0. The average molecular weight is 304 g/mol. The smallest absolute Gasteiger partial charge is 0.122 e. The third-order valence-electron chi connectivity index (χ3n) is 4.16. The van der Waals surface area contributed by atoms with Crippen molar-refractivity contribution in [2.45, 2.75) is 24.9 Å². The van der Waals surface area contributed by atoms with Gasteiger partial charge in [0.15, 0.2) is 0 Å². The van der Waals surface area contributed by atoms with Crippen LogP contribution in [0.4, 0.5) is 5.69 Å². The third kappa shape index (κ3) is 2.59. The fourth-order valence-electron chi connectivity index (χ4n) is 3.13. The molecule has 0 aromatic heterocycles. The Bertz CT molecular complexity index is 686. The summed E-state index contributed by atoms with van der Waals surface area (Å²) in [5, 5.41) is 11.7. The molecule has 110 valence electrons. The van der Waals surface area contributed by atoms with Gasteiger partial charge in [0.2, 0.25) is 0 Å². The van der Waals surface area contributed by atoms with Crippen molar-refractivity contribution in [1.29, 1.82) is 0 Å². The summed E-state index contributed by atoms with van der Waals surface area (Å²) >= 11 is 6.07. The van der Waals surface area contributed by atoms with Crippen molar-refractivity contribution in [3.63, 3.8) is 0 Å². The minimum atomic E-state index is -0.888. The molecule has 0 bridgehead atoms. The SMILES string of the molecule is COc1ccc(Cl)cc1CC1(O)CCc2cc(N)ccc21. The topological polar surface area (TPSA) is 55.5 Å². The Hall–Kier alpha value is -1.71. The van der Waals surface area contributed by atoms with Gasteiger partial charge in [-0.25, -0.2) is 0 Å². The second-order valence-electron chi connectivity index (χ2n) is 5.58. The number of hydrogen-bond acceptors (Lipinski definition) is 3. The molecule has 0 saturated heterocycles. The molecule has 3 rings (SSSR count). The highest BCUT2D eigenvalue weighted by molar-refractivity contribution is 6.30. The Morgan fingerprint density at radius 3 is 2.86 bits per heavy atom. The maximum atomic E-state index is 11.1.